The van der Waals surface area contributed by atoms with Crippen LogP contribution in [0.5, 0.6) is 0 Å². The van der Waals surface area contributed by atoms with Gasteiger partial charge in [0.05, 0.1) is 0 Å². The Labute approximate surface area is 128 Å². The molecule has 1 aromatic carbocycles. The standard InChI is InChI=1S/C19H26N2/c1-4-20-19-10-6-9-16-11-21(13-18(16)19)12-17-14(2)7-5-8-15(17)3/h5,7-8,11,13,19-20H,4,6,9-10,12H2,1-3H3. The molecular weight excluding hydrogens is 256 g/mol. The Bertz CT molecular complexity index is 604. The lowest BCUT2D eigenvalue weighted by molar-refractivity contribution is 0.473. The molecule has 21 heavy (non-hydrogen) atoms. The fourth-order valence-corrected chi connectivity index (χ4v) is 3.58. The Morgan fingerprint density at radius 2 is 1.95 bits per heavy atom. The summed E-state index contributed by atoms with van der Waals surface area (Å²) in [5.41, 5.74) is 7.31. The van der Waals surface area contributed by atoms with Crippen molar-refractivity contribution in [2.24, 2.45) is 0 Å². The molecule has 1 aliphatic rings. The van der Waals surface area contributed by atoms with Gasteiger partial charge in [-0.1, -0.05) is 25.1 Å². The maximum Gasteiger partial charge on any atom is 0.0475 e. The van der Waals surface area contributed by atoms with E-state index in [1.807, 2.05) is 0 Å². The highest BCUT2D eigenvalue weighted by atomic mass is 15.0. The molecule has 2 nitrogen and oxygen atoms in total. The monoisotopic (exact) mass is 282 g/mol. The molecule has 1 aromatic heterocycles. The molecule has 1 aliphatic carbocycles. The molecule has 0 saturated carbocycles. The van der Waals surface area contributed by atoms with Crippen LogP contribution in [0.2, 0.25) is 0 Å². The molecule has 112 valence electrons. The quantitative estimate of drug-likeness (QED) is 0.892. The van der Waals surface area contributed by atoms with Gasteiger partial charge < -0.3 is 9.88 Å². The summed E-state index contributed by atoms with van der Waals surface area (Å²) in [5, 5.41) is 3.63. The summed E-state index contributed by atoms with van der Waals surface area (Å²) in [4.78, 5) is 0. The van der Waals surface area contributed by atoms with Gasteiger partial charge in [-0.25, -0.2) is 0 Å². The first-order valence-corrected chi connectivity index (χ1v) is 8.16. The molecule has 0 fully saturated rings. The zero-order chi connectivity index (χ0) is 14.8. The summed E-state index contributed by atoms with van der Waals surface area (Å²) in [6, 6.07) is 7.13. The SMILES string of the molecule is CCNC1CCCc2cn(Cc3c(C)cccc3C)cc21. The van der Waals surface area contributed by atoms with Crippen molar-refractivity contribution >= 4 is 0 Å². The summed E-state index contributed by atoms with van der Waals surface area (Å²) in [7, 11) is 0. The van der Waals surface area contributed by atoms with E-state index in [4.69, 9.17) is 0 Å². The third-order valence-electron chi connectivity index (χ3n) is 4.75. The molecule has 2 aromatic rings. The lowest BCUT2D eigenvalue weighted by Crippen LogP contribution is -2.23. The second-order valence-corrected chi connectivity index (χ2v) is 6.28. The van der Waals surface area contributed by atoms with Gasteiger partial charge in [-0.2, -0.15) is 0 Å². The van der Waals surface area contributed by atoms with Crippen LogP contribution in [-0.4, -0.2) is 11.1 Å². The van der Waals surface area contributed by atoms with Crippen molar-refractivity contribution < 1.29 is 0 Å². The zero-order valence-corrected chi connectivity index (χ0v) is 13.4. The number of nitrogens with zero attached hydrogens (tertiary/aromatic N) is 1. The number of benzene rings is 1. The Kier molecular flexibility index (Phi) is 4.16. The van der Waals surface area contributed by atoms with E-state index in [2.05, 4.69) is 61.2 Å². The van der Waals surface area contributed by atoms with Crippen LogP contribution in [0.1, 0.15) is 53.6 Å². The third kappa shape index (κ3) is 2.91. The van der Waals surface area contributed by atoms with E-state index in [1.54, 1.807) is 5.56 Å². The second-order valence-electron chi connectivity index (χ2n) is 6.28. The maximum absolute atomic E-state index is 3.63. The Morgan fingerprint density at radius 1 is 1.19 bits per heavy atom. The molecule has 0 bridgehead atoms. The molecule has 0 aliphatic heterocycles. The average molecular weight is 282 g/mol. The van der Waals surface area contributed by atoms with Crippen LogP contribution in [0.3, 0.4) is 0 Å². The van der Waals surface area contributed by atoms with Crippen molar-refractivity contribution in [2.75, 3.05) is 6.54 Å². The van der Waals surface area contributed by atoms with Crippen LogP contribution >= 0.6 is 0 Å². The second kappa shape index (κ2) is 6.07. The van der Waals surface area contributed by atoms with Crippen molar-refractivity contribution in [1.82, 2.24) is 9.88 Å². The Morgan fingerprint density at radius 3 is 2.67 bits per heavy atom. The zero-order valence-electron chi connectivity index (χ0n) is 13.4. The molecule has 0 amide bonds. The molecule has 1 atom stereocenters. The molecule has 3 rings (SSSR count). The fraction of sp³-hybridized carbons (Fsp3) is 0.474. The highest BCUT2D eigenvalue weighted by Crippen LogP contribution is 2.31. The van der Waals surface area contributed by atoms with Gasteiger partial charge in [0.25, 0.3) is 0 Å². The van der Waals surface area contributed by atoms with E-state index >= 15 is 0 Å². The van der Waals surface area contributed by atoms with E-state index in [-0.39, 0.29) is 0 Å². The predicted octanol–water partition coefficient (Wildman–Crippen LogP) is 4.14. The van der Waals surface area contributed by atoms with E-state index in [0.29, 0.717) is 6.04 Å². The first-order chi connectivity index (χ1) is 10.2. The third-order valence-corrected chi connectivity index (χ3v) is 4.75. The molecule has 1 N–H and O–H groups in total. The van der Waals surface area contributed by atoms with E-state index < -0.39 is 0 Å². The van der Waals surface area contributed by atoms with Crippen molar-refractivity contribution in [3.63, 3.8) is 0 Å². The summed E-state index contributed by atoms with van der Waals surface area (Å²) in [6.45, 7) is 8.67. The van der Waals surface area contributed by atoms with E-state index in [9.17, 15) is 0 Å². The molecule has 0 spiro atoms. The van der Waals surface area contributed by atoms with Crippen LogP contribution < -0.4 is 5.32 Å². The number of aryl methyl sites for hydroxylation is 3. The normalized spacial score (nSPS) is 17.8. The number of rotatable bonds is 4. The van der Waals surface area contributed by atoms with Gasteiger partial charge in [-0.05, 0) is 67.5 Å². The van der Waals surface area contributed by atoms with Crippen molar-refractivity contribution in [1.29, 1.82) is 0 Å². The van der Waals surface area contributed by atoms with Gasteiger partial charge in [0.1, 0.15) is 0 Å². The van der Waals surface area contributed by atoms with Gasteiger partial charge in [0.15, 0.2) is 0 Å². The van der Waals surface area contributed by atoms with Gasteiger partial charge >= 0.3 is 0 Å². The summed E-state index contributed by atoms with van der Waals surface area (Å²) >= 11 is 0. The smallest absolute Gasteiger partial charge is 0.0475 e. The Balaban J connectivity index is 1.88. The maximum atomic E-state index is 3.63. The van der Waals surface area contributed by atoms with Crippen LogP contribution in [0, 0.1) is 13.8 Å². The van der Waals surface area contributed by atoms with Crippen LogP contribution in [-0.2, 0) is 13.0 Å². The molecule has 2 heteroatoms. The van der Waals surface area contributed by atoms with Crippen LogP contribution in [0.25, 0.3) is 0 Å². The number of hydrogen-bond acceptors (Lipinski definition) is 1. The topological polar surface area (TPSA) is 17.0 Å². The minimum absolute atomic E-state index is 0.554. The first kappa shape index (κ1) is 14.4. The number of aromatic nitrogens is 1. The molecule has 1 unspecified atom stereocenters. The summed E-state index contributed by atoms with van der Waals surface area (Å²) in [5.74, 6) is 0. The summed E-state index contributed by atoms with van der Waals surface area (Å²) < 4.78 is 2.38. The van der Waals surface area contributed by atoms with Gasteiger partial charge in [-0.15, -0.1) is 0 Å². The minimum atomic E-state index is 0.554. The largest absolute Gasteiger partial charge is 0.349 e. The highest BCUT2D eigenvalue weighted by Gasteiger charge is 2.21. The van der Waals surface area contributed by atoms with E-state index in [0.717, 1.165) is 13.1 Å². The van der Waals surface area contributed by atoms with Crippen molar-refractivity contribution in [3.8, 4) is 0 Å². The molecule has 0 saturated heterocycles. The highest BCUT2D eigenvalue weighted by molar-refractivity contribution is 5.35. The van der Waals surface area contributed by atoms with E-state index in [1.165, 1.54) is 41.5 Å². The van der Waals surface area contributed by atoms with Crippen LogP contribution in [0.15, 0.2) is 30.6 Å². The van der Waals surface area contributed by atoms with Gasteiger partial charge in [-0.3, -0.25) is 0 Å². The Hall–Kier alpha value is -1.54. The number of fused-ring (bicyclic) bond motifs is 1. The molecule has 1 heterocycles. The molecule has 0 radical (unpaired) electrons. The number of hydrogen-bond donors (Lipinski definition) is 1. The number of nitrogens with one attached hydrogen (secondary N) is 1. The average Bonchev–Trinajstić information content (AvgIpc) is 2.87. The first-order valence-electron chi connectivity index (χ1n) is 8.16. The minimum Gasteiger partial charge on any atom is -0.349 e. The lowest BCUT2D eigenvalue weighted by atomic mass is 9.91. The predicted molar refractivity (Wildman–Crippen MR) is 88.8 cm³/mol. The summed E-state index contributed by atoms with van der Waals surface area (Å²) in [6.07, 6.45) is 8.54. The fourth-order valence-electron chi connectivity index (χ4n) is 3.58. The van der Waals surface area contributed by atoms with Crippen molar-refractivity contribution in [2.45, 2.75) is 52.6 Å². The van der Waals surface area contributed by atoms with Gasteiger partial charge in [0, 0.05) is 25.0 Å². The van der Waals surface area contributed by atoms with Crippen LogP contribution in [0.4, 0.5) is 0 Å². The molecular formula is C19H26N2. The van der Waals surface area contributed by atoms with Gasteiger partial charge in [0.2, 0.25) is 0 Å². The lowest BCUT2D eigenvalue weighted by Gasteiger charge is -2.22. The van der Waals surface area contributed by atoms with Crippen molar-refractivity contribution in [3.05, 3.63) is 58.4 Å².